The van der Waals surface area contributed by atoms with E-state index < -0.39 is 14.2 Å². The molecule has 3 heteroatoms. The molecule has 12 heavy (non-hydrogen) atoms. The quantitative estimate of drug-likeness (QED) is 0.425. The van der Waals surface area contributed by atoms with Gasteiger partial charge in [-0.3, -0.25) is 0 Å². The Morgan fingerprint density at radius 2 is 1.92 bits per heavy atom. The molecule has 0 rings (SSSR count). The van der Waals surface area contributed by atoms with Crippen molar-refractivity contribution in [2.24, 2.45) is 0 Å². The third-order valence-corrected chi connectivity index (χ3v) is 2.85. The minimum absolute atomic E-state index is 0.279. The van der Waals surface area contributed by atoms with Crippen molar-refractivity contribution >= 4 is 19.7 Å². The molecule has 0 aromatic carbocycles. The minimum atomic E-state index is -1.03. The van der Waals surface area contributed by atoms with Gasteiger partial charge >= 0.3 is 0 Å². The Labute approximate surface area is 81.1 Å². The summed E-state index contributed by atoms with van der Waals surface area (Å²) in [6.45, 7) is 6.83. The zero-order valence-corrected chi connectivity index (χ0v) is 9.78. The first-order valence-corrected chi connectivity index (χ1v) is 8.39. The molecular weight excluding hydrogens is 188 g/mol. The maximum atomic E-state index is 9.06. The second kappa shape index (κ2) is 5.63. The number of hydrogen-bond donors (Lipinski definition) is 1. The molecule has 0 aromatic rings. The summed E-state index contributed by atoms with van der Waals surface area (Å²) in [6.07, 6.45) is 0.0503. The van der Waals surface area contributed by atoms with Crippen molar-refractivity contribution in [2.45, 2.75) is 38.2 Å². The molecule has 1 atom stereocenters. The molecule has 0 fully saturated rings. The van der Waals surface area contributed by atoms with Gasteiger partial charge < -0.3 is 5.11 Å². The second-order valence-electron chi connectivity index (χ2n) is 4.10. The average molecular weight is 205 g/mol. The number of halogens is 1. The number of rotatable bonds is 3. The van der Waals surface area contributed by atoms with Crippen LogP contribution in [0.5, 0.6) is 0 Å². The molecule has 0 amide bonds. The molecule has 0 aliphatic heterocycles. The maximum absolute atomic E-state index is 9.06. The lowest BCUT2D eigenvalue weighted by molar-refractivity contribution is 0.204. The highest BCUT2D eigenvalue weighted by atomic mass is 35.5. The Kier molecular flexibility index (Phi) is 5.65. The highest BCUT2D eigenvalue weighted by molar-refractivity contribution is 6.76. The first-order chi connectivity index (χ1) is 5.45. The van der Waals surface area contributed by atoms with Crippen LogP contribution in [0.4, 0.5) is 0 Å². The maximum Gasteiger partial charge on any atom is 0.0784 e. The molecule has 0 aliphatic rings. The van der Waals surface area contributed by atoms with Gasteiger partial charge in [-0.05, 0) is 0 Å². The zero-order valence-electron chi connectivity index (χ0n) is 8.02. The fourth-order valence-electron chi connectivity index (χ4n) is 0.572. The van der Waals surface area contributed by atoms with E-state index in [0.717, 1.165) is 6.04 Å². The van der Waals surface area contributed by atoms with E-state index in [0.29, 0.717) is 6.42 Å². The monoisotopic (exact) mass is 204 g/mol. The summed E-state index contributed by atoms with van der Waals surface area (Å²) in [5.74, 6) is 6.31. The largest absolute Gasteiger partial charge is 0.391 e. The Morgan fingerprint density at radius 1 is 1.33 bits per heavy atom. The Morgan fingerprint density at radius 3 is 2.33 bits per heavy atom. The number of aliphatic hydroxyl groups excluding tert-OH is 1. The van der Waals surface area contributed by atoms with Gasteiger partial charge in [-0.15, -0.1) is 23.4 Å². The lowest BCUT2D eigenvalue weighted by Crippen LogP contribution is -2.17. The SMILES string of the molecule is C[Si](C)(C)CC#CCC(O)CCl. The third kappa shape index (κ3) is 8.13. The van der Waals surface area contributed by atoms with E-state index in [4.69, 9.17) is 16.7 Å². The zero-order chi connectivity index (χ0) is 9.61. The van der Waals surface area contributed by atoms with E-state index >= 15 is 0 Å². The van der Waals surface area contributed by atoms with Crippen LogP contribution in [0.3, 0.4) is 0 Å². The first-order valence-electron chi connectivity index (χ1n) is 4.15. The standard InChI is InChI=1S/C9H17ClOSi/c1-12(2,3)7-5-4-6-9(11)8-10/h9,11H,6-8H2,1-3H3. The van der Waals surface area contributed by atoms with Gasteiger partial charge in [0, 0.05) is 18.3 Å². The molecule has 0 radical (unpaired) electrons. The van der Waals surface area contributed by atoms with Crippen molar-refractivity contribution in [3.8, 4) is 11.8 Å². The third-order valence-electron chi connectivity index (χ3n) is 1.26. The van der Waals surface area contributed by atoms with Gasteiger partial charge in [0.15, 0.2) is 0 Å². The summed E-state index contributed by atoms with van der Waals surface area (Å²) < 4.78 is 0. The van der Waals surface area contributed by atoms with E-state index in [2.05, 4.69) is 31.5 Å². The van der Waals surface area contributed by atoms with Gasteiger partial charge in [0.05, 0.1) is 14.2 Å². The van der Waals surface area contributed by atoms with Crippen LogP contribution in [0, 0.1) is 11.8 Å². The molecule has 0 heterocycles. The fourth-order valence-corrected chi connectivity index (χ4v) is 1.34. The molecule has 1 N–H and O–H groups in total. The van der Waals surface area contributed by atoms with Crippen LogP contribution in [0.2, 0.25) is 25.7 Å². The normalized spacial score (nSPS) is 13.4. The van der Waals surface area contributed by atoms with Gasteiger partial charge in [0.2, 0.25) is 0 Å². The molecule has 0 saturated heterocycles. The van der Waals surface area contributed by atoms with Crippen molar-refractivity contribution < 1.29 is 5.11 Å². The smallest absolute Gasteiger partial charge is 0.0784 e. The second-order valence-corrected chi connectivity index (χ2v) is 9.89. The fraction of sp³-hybridized carbons (Fsp3) is 0.778. The number of aliphatic hydroxyl groups is 1. The molecule has 1 nitrogen and oxygen atoms in total. The van der Waals surface area contributed by atoms with Gasteiger partial charge in [-0.25, -0.2) is 0 Å². The molecule has 0 spiro atoms. The molecule has 0 bridgehead atoms. The van der Waals surface area contributed by atoms with Crippen LogP contribution in [0.25, 0.3) is 0 Å². The summed E-state index contributed by atoms with van der Waals surface area (Å²) in [5, 5.41) is 9.06. The number of hydrogen-bond acceptors (Lipinski definition) is 1. The minimum Gasteiger partial charge on any atom is -0.391 e. The van der Waals surface area contributed by atoms with Gasteiger partial charge in [0.1, 0.15) is 0 Å². The van der Waals surface area contributed by atoms with Crippen LogP contribution < -0.4 is 0 Å². The van der Waals surface area contributed by atoms with Crippen LogP contribution in [-0.4, -0.2) is 25.2 Å². The van der Waals surface area contributed by atoms with E-state index in [9.17, 15) is 0 Å². The predicted molar refractivity (Wildman–Crippen MR) is 57.3 cm³/mol. The highest BCUT2D eigenvalue weighted by Gasteiger charge is 2.09. The predicted octanol–water partition coefficient (Wildman–Crippen LogP) is 2.32. The van der Waals surface area contributed by atoms with Gasteiger partial charge in [-0.2, -0.15) is 0 Å². The average Bonchev–Trinajstić information content (AvgIpc) is 1.96. The summed E-state index contributed by atoms with van der Waals surface area (Å²) in [4.78, 5) is 0. The van der Waals surface area contributed by atoms with Crippen molar-refractivity contribution in [3.63, 3.8) is 0 Å². The molecular formula is C9H17ClOSi. The molecule has 0 aromatic heterocycles. The molecule has 0 saturated carbocycles. The van der Waals surface area contributed by atoms with Crippen LogP contribution in [0.1, 0.15) is 6.42 Å². The van der Waals surface area contributed by atoms with Crippen molar-refractivity contribution in [1.82, 2.24) is 0 Å². The lowest BCUT2D eigenvalue weighted by Gasteiger charge is -2.09. The summed E-state index contributed by atoms with van der Waals surface area (Å²) in [5.41, 5.74) is 0. The number of alkyl halides is 1. The first kappa shape index (κ1) is 12.0. The summed E-state index contributed by atoms with van der Waals surface area (Å²) in [6, 6.07) is 1.00. The Balaban J connectivity index is 3.61. The van der Waals surface area contributed by atoms with Crippen molar-refractivity contribution in [3.05, 3.63) is 0 Å². The Bertz CT molecular complexity index is 175. The van der Waals surface area contributed by atoms with Crippen LogP contribution in [0.15, 0.2) is 0 Å². The van der Waals surface area contributed by atoms with E-state index in [1.165, 1.54) is 0 Å². The van der Waals surface area contributed by atoms with Crippen LogP contribution >= 0.6 is 11.6 Å². The Hall–Kier alpha value is 0.0269. The molecule has 1 unspecified atom stereocenters. The summed E-state index contributed by atoms with van der Waals surface area (Å²) >= 11 is 5.41. The van der Waals surface area contributed by atoms with Gasteiger partial charge in [0.25, 0.3) is 0 Å². The van der Waals surface area contributed by atoms with Crippen LogP contribution in [-0.2, 0) is 0 Å². The molecule has 70 valence electrons. The van der Waals surface area contributed by atoms with E-state index in [1.807, 2.05) is 0 Å². The van der Waals surface area contributed by atoms with Gasteiger partial charge in [-0.1, -0.05) is 19.6 Å². The van der Waals surface area contributed by atoms with E-state index in [1.54, 1.807) is 0 Å². The highest BCUT2D eigenvalue weighted by Crippen LogP contribution is 2.05. The van der Waals surface area contributed by atoms with Crippen molar-refractivity contribution in [1.29, 1.82) is 0 Å². The van der Waals surface area contributed by atoms with E-state index in [-0.39, 0.29) is 5.88 Å². The lowest BCUT2D eigenvalue weighted by atomic mass is 10.3. The topological polar surface area (TPSA) is 20.2 Å². The van der Waals surface area contributed by atoms with Crippen molar-refractivity contribution in [2.75, 3.05) is 5.88 Å². The molecule has 0 aliphatic carbocycles. The summed E-state index contributed by atoms with van der Waals surface area (Å²) in [7, 11) is -1.03.